The molecule has 1 aromatic carbocycles. The highest BCUT2D eigenvalue weighted by molar-refractivity contribution is 5.14. The van der Waals surface area contributed by atoms with Gasteiger partial charge in [0.05, 0.1) is 6.10 Å². The lowest BCUT2D eigenvalue weighted by molar-refractivity contribution is 0.128. The lowest BCUT2D eigenvalue weighted by Gasteiger charge is -2.15. The highest BCUT2D eigenvalue weighted by Crippen LogP contribution is 2.13. The van der Waals surface area contributed by atoms with Gasteiger partial charge in [0.1, 0.15) is 0 Å². The minimum Gasteiger partial charge on any atom is -0.393 e. The van der Waals surface area contributed by atoms with Crippen LogP contribution in [0.25, 0.3) is 0 Å². The Morgan fingerprint density at radius 1 is 1.22 bits per heavy atom. The molecule has 1 aromatic rings. The Morgan fingerprint density at radius 3 is 2.61 bits per heavy atom. The zero-order valence-corrected chi connectivity index (χ0v) is 11.7. The molecule has 0 saturated heterocycles. The van der Waals surface area contributed by atoms with Crippen molar-refractivity contribution in [1.82, 2.24) is 0 Å². The lowest BCUT2D eigenvalue weighted by atomic mass is 9.97. The van der Waals surface area contributed by atoms with Gasteiger partial charge >= 0.3 is 0 Å². The van der Waals surface area contributed by atoms with Crippen molar-refractivity contribution in [3.63, 3.8) is 0 Å². The zero-order chi connectivity index (χ0) is 13.2. The van der Waals surface area contributed by atoms with E-state index in [1.165, 1.54) is 18.4 Å². The lowest BCUT2D eigenvalue weighted by Crippen LogP contribution is -2.16. The van der Waals surface area contributed by atoms with Gasteiger partial charge in [0.25, 0.3) is 0 Å². The van der Waals surface area contributed by atoms with E-state index in [0.717, 1.165) is 19.3 Å². The fourth-order valence-corrected chi connectivity index (χ4v) is 1.98. The summed E-state index contributed by atoms with van der Waals surface area (Å²) in [5.74, 6) is 0.255. The van der Waals surface area contributed by atoms with Crippen LogP contribution in [0.5, 0.6) is 0 Å². The summed E-state index contributed by atoms with van der Waals surface area (Å²) >= 11 is 0. The molecule has 0 bridgehead atoms. The van der Waals surface area contributed by atoms with Gasteiger partial charge in [-0.1, -0.05) is 69.2 Å². The zero-order valence-electron chi connectivity index (χ0n) is 11.7. The summed E-state index contributed by atoms with van der Waals surface area (Å²) in [4.78, 5) is 0. The van der Waals surface area contributed by atoms with Crippen molar-refractivity contribution in [2.24, 2.45) is 5.92 Å². The van der Waals surface area contributed by atoms with Crippen LogP contribution in [0.2, 0.25) is 0 Å². The van der Waals surface area contributed by atoms with E-state index in [2.05, 4.69) is 50.3 Å². The van der Waals surface area contributed by atoms with Gasteiger partial charge < -0.3 is 5.11 Å². The molecular formula is C17H26O. The van der Waals surface area contributed by atoms with Crippen molar-refractivity contribution >= 4 is 0 Å². The average molecular weight is 246 g/mol. The third-order valence-corrected chi connectivity index (χ3v) is 3.34. The number of aryl methyl sites for hydroxylation is 1. The van der Waals surface area contributed by atoms with E-state index in [1.54, 1.807) is 0 Å². The molecule has 0 amide bonds. The predicted molar refractivity (Wildman–Crippen MR) is 78.6 cm³/mol. The minimum absolute atomic E-state index is 0.233. The second kappa shape index (κ2) is 8.93. The van der Waals surface area contributed by atoms with Crippen molar-refractivity contribution in [3.05, 3.63) is 48.0 Å². The number of aliphatic hydroxyl groups excluding tert-OH is 1. The summed E-state index contributed by atoms with van der Waals surface area (Å²) in [6, 6.07) is 10.4. The molecular weight excluding hydrogens is 220 g/mol. The first-order chi connectivity index (χ1) is 8.74. The van der Waals surface area contributed by atoms with Crippen molar-refractivity contribution in [3.8, 4) is 0 Å². The normalized spacial score (nSPS) is 14.8. The number of rotatable bonds is 8. The molecule has 0 aliphatic carbocycles. The van der Waals surface area contributed by atoms with E-state index in [1.807, 2.05) is 6.07 Å². The van der Waals surface area contributed by atoms with Gasteiger partial charge in [0.15, 0.2) is 0 Å². The van der Waals surface area contributed by atoms with Gasteiger partial charge in [-0.15, -0.1) is 0 Å². The van der Waals surface area contributed by atoms with E-state index in [-0.39, 0.29) is 12.0 Å². The standard InChI is InChI=1S/C17H26O/c1-3-4-5-7-10-15(2)17(18)14-13-16-11-8-6-9-12-16/h6-12,15,17-18H,3-5,13-14H2,1-2H3/b10-7+/t15-,17-/m0/s1. The van der Waals surface area contributed by atoms with E-state index >= 15 is 0 Å². The molecule has 1 heteroatoms. The van der Waals surface area contributed by atoms with Gasteiger partial charge in [0, 0.05) is 0 Å². The summed E-state index contributed by atoms with van der Waals surface area (Å²) in [5.41, 5.74) is 1.30. The fraction of sp³-hybridized carbons (Fsp3) is 0.529. The van der Waals surface area contributed by atoms with Crippen LogP contribution in [0.3, 0.4) is 0 Å². The quantitative estimate of drug-likeness (QED) is 0.533. The second-order valence-electron chi connectivity index (χ2n) is 5.02. The van der Waals surface area contributed by atoms with Crippen molar-refractivity contribution in [2.45, 2.75) is 52.1 Å². The van der Waals surface area contributed by atoms with Crippen LogP contribution in [0.4, 0.5) is 0 Å². The monoisotopic (exact) mass is 246 g/mol. The molecule has 1 rings (SSSR count). The van der Waals surface area contributed by atoms with Crippen LogP contribution in [-0.4, -0.2) is 11.2 Å². The summed E-state index contributed by atoms with van der Waals surface area (Å²) in [6.07, 6.45) is 9.53. The Hall–Kier alpha value is -1.08. The van der Waals surface area contributed by atoms with E-state index < -0.39 is 0 Å². The van der Waals surface area contributed by atoms with Gasteiger partial charge in [0.2, 0.25) is 0 Å². The summed E-state index contributed by atoms with van der Waals surface area (Å²) < 4.78 is 0. The first kappa shape index (κ1) is 15.0. The Balaban J connectivity index is 2.27. The molecule has 0 radical (unpaired) electrons. The van der Waals surface area contributed by atoms with Crippen LogP contribution >= 0.6 is 0 Å². The highest BCUT2D eigenvalue weighted by Gasteiger charge is 2.10. The molecule has 0 fully saturated rings. The Morgan fingerprint density at radius 2 is 1.94 bits per heavy atom. The summed E-state index contributed by atoms with van der Waals surface area (Å²) in [5, 5.41) is 10.1. The number of aliphatic hydroxyl groups is 1. The van der Waals surface area contributed by atoms with Crippen LogP contribution in [0, 0.1) is 5.92 Å². The molecule has 100 valence electrons. The van der Waals surface area contributed by atoms with Gasteiger partial charge in [-0.2, -0.15) is 0 Å². The third-order valence-electron chi connectivity index (χ3n) is 3.34. The number of benzene rings is 1. The topological polar surface area (TPSA) is 20.2 Å². The van der Waals surface area contributed by atoms with E-state index in [0.29, 0.717) is 0 Å². The largest absolute Gasteiger partial charge is 0.393 e. The van der Waals surface area contributed by atoms with E-state index in [4.69, 9.17) is 0 Å². The summed E-state index contributed by atoms with van der Waals surface area (Å²) in [6.45, 7) is 4.30. The van der Waals surface area contributed by atoms with Crippen LogP contribution in [0.15, 0.2) is 42.5 Å². The first-order valence-electron chi connectivity index (χ1n) is 7.12. The highest BCUT2D eigenvalue weighted by atomic mass is 16.3. The first-order valence-corrected chi connectivity index (χ1v) is 7.12. The molecule has 0 heterocycles. The molecule has 0 aliphatic rings. The fourth-order valence-electron chi connectivity index (χ4n) is 1.98. The minimum atomic E-state index is -0.233. The smallest absolute Gasteiger partial charge is 0.0603 e. The van der Waals surface area contributed by atoms with Crippen LogP contribution in [-0.2, 0) is 6.42 Å². The van der Waals surface area contributed by atoms with Gasteiger partial charge in [-0.05, 0) is 30.7 Å². The number of hydrogen-bond acceptors (Lipinski definition) is 1. The molecule has 18 heavy (non-hydrogen) atoms. The van der Waals surface area contributed by atoms with Crippen LogP contribution in [0.1, 0.15) is 45.1 Å². The molecule has 0 aromatic heterocycles. The van der Waals surface area contributed by atoms with Crippen LogP contribution < -0.4 is 0 Å². The Bertz CT molecular complexity index is 329. The number of allylic oxidation sites excluding steroid dienone is 1. The average Bonchev–Trinajstić information content (AvgIpc) is 2.42. The number of hydrogen-bond donors (Lipinski definition) is 1. The Kier molecular flexibility index (Phi) is 7.43. The maximum Gasteiger partial charge on any atom is 0.0603 e. The molecule has 2 atom stereocenters. The maximum absolute atomic E-state index is 10.1. The SMILES string of the molecule is CCCC/C=C/[C@H](C)[C@@H](O)CCc1ccccc1. The molecule has 0 saturated carbocycles. The molecule has 0 aliphatic heterocycles. The molecule has 1 nitrogen and oxygen atoms in total. The van der Waals surface area contributed by atoms with Crippen molar-refractivity contribution in [1.29, 1.82) is 0 Å². The number of unbranched alkanes of at least 4 members (excludes halogenated alkanes) is 2. The maximum atomic E-state index is 10.1. The second-order valence-corrected chi connectivity index (χ2v) is 5.02. The summed E-state index contributed by atoms with van der Waals surface area (Å²) in [7, 11) is 0. The van der Waals surface area contributed by atoms with Gasteiger partial charge in [-0.3, -0.25) is 0 Å². The van der Waals surface area contributed by atoms with E-state index in [9.17, 15) is 5.11 Å². The van der Waals surface area contributed by atoms with Gasteiger partial charge in [-0.25, -0.2) is 0 Å². The molecule has 0 unspecified atom stereocenters. The Labute approximate surface area is 112 Å². The third kappa shape index (κ3) is 6.02. The van der Waals surface area contributed by atoms with Crippen molar-refractivity contribution < 1.29 is 5.11 Å². The predicted octanol–water partition coefficient (Wildman–Crippen LogP) is 4.36. The molecule has 0 spiro atoms. The molecule has 1 N–H and O–H groups in total. The van der Waals surface area contributed by atoms with Crippen molar-refractivity contribution in [2.75, 3.05) is 0 Å².